The smallest absolute Gasteiger partial charge is 0.389 e. The van der Waals surface area contributed by atoms with Crippen molar-refractivity contribution in [1.82, 2.24) is 0 Å². The maximum atomic E-state index is 14.6. The molecule has 0 saturated heterocycles. The maximum Gasteiger partial charge on any atom is 0.389 e. The summed E-state index contributed by atoms with van der Waals surface area (Å²) in [6.07, 6.45) is -6.90. The van der Waals surface area contributed by atoms with Gasteiger partial charge in [-0.1, -0.05) is 42.7 Å². The average molecular weight is 553 g/mol. The summed E-state index contributed by atoms with van der Waals surface area (Å²) >= 11 is 5.86. The second-order valence-corrected chi connectivity index (χ2v) is 7.94. The lowest BCUT2D eigenvalue weighted by atomic mass is 10.0. The second kappa shape index (κ2) is 16.6. The Morgan fingerprint density at radius 1 is 1.14 bits per heavy atom. The van der Waals surface area contributed by atoms with Crippen molar-refractivity contribution in [2.75, 3.05) is 11.5 Å². The van der Waals surface area contributed by atoms with Gasteiger partial charge in [-0.2, -0.15) is 13.2 Å². The molecule has 37 heavy (non-hydrogen) atoms. The summed E-state index contributed by atoms with van der Waals surface area (Å²) in [5, 5.41) is 27.9. The Morgan fingerprint density at radius 3 is 2.08 bits per heavy atom. The minimum atomic E-state index is -4.49. The molecular weight excluding hydrogens is 520 g/mol. The van der Waals surface area contributed by atoms with Crippen LogP contribution in [0, 0.1) is 5.82 Å². The van der Waals surface area contributed by atoms with Gasteiger partial charge in [-0.15, -0.1) is 0 Å². The number of carbonyl (C=O) groups is 1. The highest BCUT2D eigenvalue weighted by Crippen LogP contribution is 2.29. The van der Waals surface area contributed by atoms with Crippen LogP contribution in [0.3, 0.4) is 0 Å². The number of benzene rings is 2. The van der Waals surface area contributed by atoms with Crippen LogP contribution in [0.25, 0.3) is 0 Å². The number of amidine groups is 1. The van der Waals surface area contributed by atoms with E-state index in [-0.39, 0.29) is 30.1 Å². The monoisotopic (exact) mass is 552 g/mol. The quantitative estimate of drug-likeness (QED) is 0.104. The largest absolute Gasteiger partial charge is 0.409 e. The molecule has 1 amide bonds. The molecule has 8 nitrogen and oxygen atoms in total. The highest BCUT2D eigenvalue weighted by atomic mass is 35.5. The SMILES string of the molecule is CC.CC(O)CO.NC(=O)C(CCC(F)(F)F)N(Cc1ccc(/C(N)=N/O)cc1F)c1ccc(Cl)cc1. The first-order chi connectivity index (χ1) is 17.3. The number of hydrogen-bond donors (Lipinski definition) is 5. The van der Waals surface area contributed by atoms with E-state index in [4.69, 9.17) is 38.5 Å². The Kier molecular flexibility index (Phi) is 15.2. The number of amides is 1. The normalized spacial score (nSPS) is 12.9. The van der Waals surface area contributed by atoms with Crippen LogP contribution < -0.4 is 16.4 Å². The van der Waals surface area contributed by atoms with Gasteiger partial charge < -0.3 is 31.8 Å². The number of carbonyl (C=O) groups excluding carboxylic acids is 1. The van der Waals surface area contributed by atoms with Gasteiger partial charge in [-0.3, -0.25) is 4.79 Å². The zero-order valence-corrected chi connectivity index (χ0v) is 21.5. The number of rotatable bonds is 9. The number of nitrogens with zero attached hydrogens (tertiary/aromatic N) is 2. The number of primary amides is 1. The lowest BCUT2D eigenvalue weighted by Crippen LogP contribution is -2.45. The van der Waals surface area contributed by atoms with Crippen molar-refractivity contribution in [1.29, 1.82) is 0 Å². The van der Waals surface area contributed by atoms with E-state index in [0.717, 1.165) is 6.07 Å². The van der Waals surface area contributed by atoms with Crippen molar-refractivity contribution in [2.45, 2.75) is 58.5 Å². The summed E-state index contributed by atoms with van der Waals surface area (Å²) in [4.78, 5) is 13.3. The molecule has 0 bridgehead atoms. The number of nitrogens with two attached hydrogens (primary N) is 2. The number of oxime groups is 1. The van der Waals surface area contributed by atoms with Crippen LogP contribution in [0.4, 0.5) is 23.2 Å². The predicted octanol–water partition coefficient (Wildman–Crippen LogP) is 4.16. The van der Waals surface area contributed by atoms with E-state index in [1.807, 2.05) is 13.8 Å². The molecule has 0 aliphatic heterocycles. The molecule has 7 N–H and O–H groups in total. The second-order valence-electron chi connectivity index (χ2n) is 7.50. The van der Waals surface area contributed by atoms with Crippen LogP contribution in [0.15, 0.2) is 47.6 Å². The average Bonchev–Trinajstić information content (AvgIpc) is 2.85. The summed E-state index contributed by atoms with van der Waals surface area (Å²) in [5.74, 6) is -2.05. The molecule has 13 heteroatoms. The Balaban J connectivity index is 0.00000165. The minimum absolute atomic E-state index is 0.0673. The molecule has 0 aromatic heterocycles. The Labute approximate surface area is 218 Å². The van der Waals surface area contributed by atoms with Crippen molar-refractivity contribution < 1.29 is 37.8 Å². The predicted molar refractivity (Wildman–Crippen MR) is 135 cm³/mol. The first-order valence-corrected chi connectivity index (χ1v) is 11.6. The fraction of sp³-hybridized carbons (Fsp3) is 0.417. The molecule has 2 aromatic carbocycles. The molecule has 2 unspecified atom stereocenters. The van der Waals surface area contributed by atoms with Gasteiger partial charge in [0.1, 0.15) is 11.9 Å². The van der Waals surface area contributed by atoms with Crippen LogP contribution in [0.2, 0.25) is 5.02 Å². The number of halogens is 5. The number of aliphatic hydroxyl groups excluding tert-OH is 2. The molecule has 0 aliphatic rings. The molecular formula is C24H33ClF4N4O4. The van der Waals surface area contributed by atoms with Crippen LogP contribution in [-0.4, -0.2) is 52.1 Å². The van der Waals surface area contributed by atoms with Crippen LogP contribution in [0.5, 0.6) is 0 Å². The summed E-state index contributed by atoms with van der Waals surface area (Å²) in [5.41, 5.74) is 11.3. The zero-order valence-electron chi connectivity index (χ0n) is 20.7. The van der Waals surface area contributed by atoms with E-state index >= 15 is 0 Å². The molecule has 0 saturated carbocycles. The zero-order chi connectivity index (χ0) is 28.8. The van der Waals surface area contributed by atoms with Gasteiger partial charge in [0.2, 0.25) is 5.91 Å². The summed E-state index contributed by atoms with van der Waals surface area (Å²) in [6, 6.07) is 8.34. The van der Waals surface area contributed by atoms with Crippen LogP contribution in [0.1, 0.15) is 44.7 Å². The van der Waals surface area contributed by atoms with Crippen molar-refractivity contribution in [3.63, 3.8) is 0 Å². The molecule has 208 valence electrons. The number of aliphatic hydroxyl groups is 2. The maximum absolute atomic E-state index is 14.6. The number of hydrogen-bond acceptors (Lipinski definition) is 6. The minimum Gasteiger partial charge on any atom is -0.409 e. The fourth-order valence-corrected chi connectivity index (χ4v) is 2.97. The molecule has 0 heterocycles. The lowest BCUT2D eigenvalue weighted by molar-refractivity contribution is -0.138. The molecule has 0 spiro atoms. The molecule has 2 atom stereocenters. The van der Waals surface area contributed by atoms with Gasteiger partial charge in [0.15, 0.2) is 5.84 Å². The van der Waals surface area contributed by atoms with Gasteiger partial charge in [0, 0.05) is 34.8 Å². The summed E-state index contributed by atoms with van der Waals surface area (Å²) in [7, 11) is 0. The summed E-state index contributed by atoms with van der Waals surface area (Å²) < 4.78 is 52.8. The standard InChI is InChI=1S/C19H19ClF4N4O2.C3H8O2.C2H6/c20-13-3-5-14(6-4-13)28(16(18(26)29)7-8-19(22,23)24)10-12-2-1-11(9-15(12)21)17(25)27-30;1-3(5)2-4;1-2/h1-6,9,16,30H,7-8,10H2,(H2,25,27)(H2,26,29);3-5H,2H2,1H3;1-2H3. The molecule has 2 rings (SSSR count). The Bertz CT molecular complexity index is 990. The van der Waals surface area contributed by atoms with E-state index in [1.165, 1.54) is 48.2 Å². The highest BCUT2D eigenvalue weighted by Gasteiger charge is 2.33. The number of anilines is 1. The Hall–Kier alpha value is -3.09. The first kappa shape index (κ1) is 33.9. The Morgan fingerprint density at radius 2 is 1.68 bits per heavy atom. The van der Waals surface area contributed by atoms with E-state index in [1.54, 1.807) is 0 Å². The van der Waals surface area contributed by atoms with Crippen molar-refractivity contribution >= 4 is 29.0 Å². The van der Waals surface area contributed by atoms with E-state index in [2.05, 4.69) is 5.16 Å². The third-order valence-corrected chi connectivity index (χ3v) is 4.88. The van der Waals surface area contributed by atoms with Crippen LogP contribution >= 0.6 is 11.6 Å². The van der Waals surface area contributed by atoms with Gasteiger partial charge >= 0.3 is 6.18 Å². The fourth-order valence-electron chi connectivity index (χ4n) is 2.84. The summed E-state index contributed by atoms with van der Waals surface area (Å²) in [6.45, 7) is 5.13. The highest BCUT2D eigenvalue weighted by molar-refractivity contribution is 6.30. The van der Waals surface area contributed by atoms with Crippen molar-refractivity contribution in [2.24, 2.45) is 16.6 Å². The molecule has 0 fully saturated rings. The van der Waals surface area contributed by atoms with Gasteiger partial charge in [0.25, 0.3) is 0 Å². The first-order valence-electron chi connectivity index (χ1n) is 11.2. The lowest BCUT2D eigenvalue weighted by Gasteiger charge is -2.32. The van der Waals surface area contributed by atoms with Crippen molar-refractivity contribution in [3.05, 3.63) is 64.4 Å². The van der Waals surface area contributed by atoms with E-state index in [0.29, 0.717) is 10.7 Å². The van der Waals surface area contributed by atoms with E-state index in [9.17, 15) is 22.4 Å². The van der Waals surface area contributed by atoms with E-state index < -0.39 is 42.9 Å². The molecule has 0 radical (unpaired) electrons. The van der Waals surface area contributed by atoms with Gasteiger partial charge in [0.05, 0.1) is 12.7 Å². The molecule has 0 aliphatic carbocycles. The van der Waals surface area contributed by atoms with Crippen molar-refractivity contribution in [3.8, 4) is 0 Å². The van der Waals surface area contributed by atoms with Gasteiger partial charge in [-0.05, 0) is 43.7 Å². The van der Waals surface area contributed by atoms with Gasteiger partial charge in [-0.25, -0.2) is 4.39 Å². The molecule has 2 aromatic rings. The number of alkyl halides is 3. The third kappa shape index (κ3) is 12.6. The van der Waals surface area contributed by atoms with Crippen LogP contribution in [-0.2, 0) is 11.3 Å². The third-order valence-electron chi connectivity index (χ3n) is 4.63. The topological polar surface area (TPSA) is 145 Å².